The first kappa shape index (κ1) is 20.0. The molecule has 5 heteroatoms. The Morgan fingerprint density at radius 1 is 1.11 bits per heavy atom. The third kappa shape index (κ3) is 6.73. The molecule has 1 aliphatic heterocycles. The average molecular weight is 373 g/mol. The second-order valence-electron chi connectivity index (χ2n) is 7.80. The molecule has 2 N–H and O–H groups in total. The number of benzene rings is 1. The molecule has 0 aromatic heterocycles. The number of hydrogen-bond acceptors (Lipinski definition) is 3. The third-order valence-corrected chi connectivity index (χ3v) is 5.71. The van der Waals surface area contributed by atoms with Gasteiger partial charge in [-0.2, -0.15) is 0 Å². The van der Waals surface area contributed by atoms with Gasteiger partial charge >= 0.3 is 0 Å². The number of aliphatic imine (C=N–C) groups is 1. The van der Waals surface area contributed by atoms with Crippen molar-refractivity contribution >= 4 is 11.6 Å². The third-order valence-electron chi connectivity index (χ3n) is 5.71. The van der Waals surface area contributed by atoms with Crippen LogP contribution in [0.15, 0.2) is 35.3 Å². The minimum atomic E-state index is 0.506. The van der Waals surface area contributed by atoms with Gasteiger partial charge in [-0.3, -0.25) is 4.99 Å². The fourth-order valence-corrected chi connectivity index (χ4v) is 4.09. The van der Waals surface area contributed by atoms with E-state index in [9.17, 15) is 0 Å². The van der Waals surface area contributed by atoms with E-state index in [-0.39, 0.29) is 0 Å². The Morgan fingerprint density at radius 3 is 2.70 bits per heavy atom. The normalized spacial score (nSPS) is 21.4. The molecule has 1 atom stereocenters. The highest BCUT2D eigenvalue weighted by Crippen LogP contribution is 2.23. The summed E-state index contributed by atoms with van der Waals surface area (Å²) >= 11 is 0. The molecule has 0 radical (unpaired) electrons. The first-order chi connectivity index (χ1) is 13.3. The molecule has 1 unspecified atom stereocenters. The van der Waals surface area contributed by atoms with Crippen LogP contribution in [0.1, 0.15) is 44.9 Å². The van der Waals surface area contributed by atoms with E-state index < -0.39 is 0 Å². The van der Waals surface area contributed by atoms with Gasteiger partial charge in [-0.05, 0) is 43.7 Å². The van der Waals surface area contributed by atoms with Crippen molar-refractivity contribution in [2.75, 3.05) is 44.7 Å². The monoisotopic (exact) mass is 372 g/mol. The lowest BCUT2D eigenvalue weighted by Crippen LogP contribution is -2.40. The Kier molecular flexibility index (Phi) is 8.28. The number of ether oxygens (including phenoxy) is 1. The summed E-state index contributed by atoms with van der Waals surface area (Å²) in [5, 5.41) is 6.91. The number of rotatable bonds is 8. The van der Waals surface area contributed by atoms with Gasteiger partial charge in [-0.1, -0.05) is 37.5 Å². The second-order valence-corrected chi connectivity index (χ2v) is 7.80. The fraction of sp³-hybridized carbons (Fsp3) is 0.682. The van der Waals surface area contributed by atoms with E-state index in [1.54, 1.807) is 0 Å². The van der Waals surface area contributed by atoms with Crippen LogP contribution >= 0.6 is 0 Å². The molecule has 1 aromatic rings. The van der Waals surface area contributed by atoms with Crippen LogP contribution < -0.4 is 15.5 Å². The molecule has 2 fully saturated rings. The zero-order chi connectivity index (χ0) is 18.7. The minimum Gasteiger partial charge on any atom is -0.378 e. The zero-order valence-corrected chi connectivity index (χ0v) is 16.8. The lowest BCUT2D eigenvalue weighted by Gasteiger charge is -2.22. The van der Waals surface area contributed by atoms with Crippen molar-refractivity contribution in [3.05, 3.63) is 30.3 Å². The van der Waals surface area contributed by atoms with Gasteiger partial charge in [0.05, 0.1) is 6.10 Å². The second kappa shape index (κ2) is 11.2. The molecule has 0 bridgehead atoms. The summed E-state index contributed by atoms with van der Waals surface area (Å²) in [7, 11) is 1.85. The Morgan fingerprint density at radius 2 is 1.93 bits per heavy atom. The maximum absolute atomic E-state index is 5.99. The summed E-state index contributed by atoms with van der Waals surface area (Å²) in [5.41, 5.74) is 1.33. The minimum absolute atomic E-state index is 0.506. The smallest absolute Gasteiger partial charge is 0.190 e. The molecule has 1 saturated carbocycles. The topological polar surface area (TPSA) is 48.9 Å². The van der Waals surface area contributed by atoms with Crippen molar-refractivity contribution in [3.8, 4) is 0 Å². The van der Waals surface area contributed by atoms with Gasteiger partial charge in [-0.25, -0.2) is 0 Å². The highest BCUT2D eigenvalue weighted by molar-refractivity contribution is 5.79. The molecule has 0 amide bonds. The van der Waals surface area contributed by atoms with Gasteiger partial charge in [0, 0.05) is 45.5 Å². The summed E-state index contributed by atoms with van der Waals surface area (Å²) in [6.45, 7) is 4.99. The molecule has 1 heterocycles. The van der Waals surface area contributed by atoms with E-state index in [0.717, 1.165) is 45.2 Å². The Bertz CT molecular complexity index is 557. The van der Waals surface area contributed by atoms with Crippen LogP contribution in [0.2, 0.25) is 0 Å². The van der Waals surface area contributed by atoms with Crippen molar-refractivity contribution in [1.82, 2.24) is 10.6 Å². The summed E-state index contributed by atoms with van der Waals surface area (Å²) in [6, 6.07) is 10.7. The standard InChI is InChI=1S/C22H36N4O/c1-23-22(24-14-8-16-27-21-11-6-3-7-12-21)25-17-19-13-15-26(18-19)20-9-4-2-5-10-20/h2,4-5,9-10,19,21H,3,6-8,11-18H2,1H3,(H2,23,24,25). The first-order valence-corrected chi connectivity index (χ1v) is 10.7. The lowest BCUT2D eigenvalue weighted by atomic mass is 9.98. The Hall–Kier alpha value is -1.75. The number of nitrogens with one attached hydrogen (secondary N) is 2. The first-order valence-electron chi connectivity index (χ1n) is 10.7. The number of nitrogens with zero attached hydrogens (tertiary/aromatic N) is 2. The molecule has 5 nitrogen and oxygen atoms in total. The molecule has 150 valence electrons. The molecule has 1 saturated heterocycles. The van der Waals surface area contributed by atoms with Gasteiger partial charge in [0.15, 0.2) is 5.96 Å². The van der Waals surface area contributed by atoms with Gasteiger partial charge < -0.3 is 20.3 Å². The number of hydrogen-bond donors (Lipinski definition) is 2. The Balaban J connectivity index is 1.27. The van der Waals surface area contributed by atoms with Gasteiger partial charge in [0.1, 0.15) is 0 Å². The quantitative estimate of drug-likeness (QED) is 0.417. The molecular formula is C22H36N4O. The molecule has 1 aromatic carbocycles. The fourth-order valence-electron chi connectivity index (χ4n) is 4.09. The van der Waals surface area contributed by atoms with E-state index in [2.05, 4.69) is 50.9 Å². The summed E-state index contributed by atoms with van der Waals surface area (Å²) in [6.07, 6.45) is 9.32. The van der Waals surface area contributed by atoms with E-state index in [4.69, 9.17) is 4.74 Å². The molecule has 0 spiro atoms. The van der Waals surface area contributed by atoms with Gasteiger partial charge in [0.25, 0.3) is 0 Å². The number of anilines is 1. The number of para-hydroxylation sites is 1. The molecule has 3 rings (SSSR count). The van der Waals surface area contributed by atoms with Crippen molar-refractivity contribution in [2.45, 2.75) is 51.0 Å². The van der Waals surface area contributed by atoms with E-state index in [0.29, 0.717) is 12.0 Å². The molecule has 27 heavy (non-hydrogen) atoms. The highest BCUT2D eigenvalue weighted by Gasteiger charge is 2.22. The van der Waals surface area contributed by atoms with Crippen molar-refractivity contribution in [3.63, 3.8) is 0 Å². The Labute approximate surface area is 164 Å². The van der Waals surface area contributed by atoms with E-state index >= 15 is 0 Å². The summed E-state index contributed by atoms with van der Waals surface area (Å²) in [5.74, 6) is 1.57. The number of guanidine groups is 1. The van der Waals surface area contributed by atoms with Crippen LogP contribution in [0.4, 0.5) is 5.69 Å². The van der Waals surface area contributed by atoms with Crippen molar-refractivity contribution in [1.29, 1.82) is 0 Å². The largest absolute Gasteiger partial charge is 0.378 e. The SMILES string of the molecule is CN=C(NCCCOC1CCCCC1)NCC1CCN(c2ccccc2)C1. The van der Waals surface area contributed by atoms with Crippen LogP contribution in [0.3, 0.4) is 0 Å². The summed E-state index contributed by atoms with van der Waals surface area (Å²) < 4.78 is 5.99. The average Bonchev–Trinajstić information content (AvgIpc) is 3.20. The summed E-state index contributed by atoms with van der Waals surface area (Å²) in [4.78, 5) is 6.83. The van der Waals surface area contributed by atoms with Crippen LogP contribution in [0, 0.1) is 5.92 Å². The maximum atomic E-state index is 5.99. The molecular weight excluding hydrogens is 336 g/mol. The van der Waals surface area contributed by atoms with E-state index in [1.165, 1.54) is 44.2 Å². The highest BCUT2D eigenvalue weighted by atomic mass is 16.5. The van der Waals surface area contributed by atoms with Gasteiger partial charge in [0.2, 0.25) is 0 Å². The van der Waals surface area contributed by atoms with Gasteiger partial charge in [-0.15, -0.1) is 0 Å². The van der Waals surface area contributed by atoms with Crippen LogP contribution in [-0.4, -0.2) is 51.9 Å². The molecule has 2 aliphatic rings. The van der Waals surface area contributed by atoms with Crippen molar-refractivity contribution in [2.24, 2.45) is 10.9 Å². The predicted octanol–water partition coefficient (Wildman–Crippen LogP) is 3.42. The van der Waals surface area contributed by atoms with E-state index in [1.807, 2.05) is 7.05 Å². The zero-order valence-electron chi connectivity index (χ0n) is 16.8. The van der Waals surface area contributed by atoms with Crippen LogP contribution in [-0.2, 0) is 4.74 Å². The molecule has 1 aliphatic carbocycles. The maximum Gasteiger partial charge on any atom is 0.190 e. The lowest BCUT2D eigenvalue weighted by molar-refractivity contribution is 0.0277. The predicted molar refractivity (Wildman–Crippen MR) is 114 cm³/mol. The van der Waals surface area contributed by atoms with Crippen LogP contribution in [0.25, 0.3) is 0 Å². The van der Waals surface area contributed by atoms with Crippen molar-refractivity contribution < 1.29 is 4.74 Å². The van der Waals surface area contributed by atoms with Crippen LogP contribution in [0.5, 0.6) is 0 Å².